The molecule has 26 heavy (non-hydrogen) atoms. The van der Waals surface area contributed by atoms with Crippen LogP contribution in [0.1, 0.15) is 50.8 Å². The van der Waals surface area contributed by atoms with E-state index in [9.17, 15) is 14.7 Å². The third kappa shape index (κ3) is 4.17. The van der Waals surface area contributed by atoms with Gasteiger partial charge in [0.25, 0.3) is 12.4 Å². The van der Waals surface area contributed by atoms with Crippen molar-refractivity contribution >= 4 is 18.2 Å². The second-order valence-electron chi connectivity index (χ2n) is 5.85. The van der Waals surface area contributed by atoms with Gasteiger partial charge >= 0.3 is 0 Å². The van der Waals surface area contributed by atoms with Gasteiger partial charge in [-0.3, -0.25) is 14.4 Å². The predicted octanol–water partition coefficient (Wildman–Crippen LogP) is 0.901. The molecule has 0 bridgehead atoms. The van der Waals surface area contributed by atoms with Crippen LogP contribution in [0.15, 0.2) is 12.4 Å². The van der Waals surface area contributed by atoms with E-state index in [1.807, 2.05) is 0 Å². The molecule has 0 radical (unpaired) electrons. The highest BCUT2D eigenvalue weighted by atomic mass is 16.3. The number of carbonyl (C=O) groups excluding carboxylic acids is 2. The van der Waals surface area contributed by atoms with E-state index >= 15 is 0 Å². The van der Waals surface area contributed by atoms with Crippen LogP contribution in [-0.2, 0) is 17.8 Å². The lowest BCUT2D eigenvalue weighted by atomic mass is 9.94. The molecule has 1 amide bonds. The topological polar surface area (TPSA) is 139 Å². The van der Waals surface area contributed by atoms with Crippen LogP contribution in [0.2, 0.25) is 0 Å². The van der Waals surface area contributed by atoms with Crippen LogP contribution < -0.4 is 0 Å². The molecule has 0 aliphatic heterocycles. The number of amides is 1. The molecule has 0 spiro atoms. The molecule has 0 saturated heterocycles. The molecule has 1 aliphatic carbocycles. The summed E-state index contributed by atoms with van der Waals surface area (Å²) in [4.78, 5) is 45.0. The standard InChI is InChI=1S/C16H20N4O3.CH2O2/c1-10-14-11(3-2-4-12(14)22)19-15(10)16(23)20(7-8-21)9-13-17-5-6-18-13;2-1-3/h5-6,19,21H,2-4,7-9H2,1H3,(H,17,18);1H,(H,2,3). The number of hydrogen-bond donors (Lipinski definition) is 4. The summed E-state index contributed by atoms with van der Waals surface area (Å²) < 4.78 is 0. The van der Waals surface area contributed by atoms with Gasteiger partial charge in [-0.1, -0.05) is 0 Å². The lowest BCUT2D eigenvalue weighted by Crippen LogP contribution is -2.34. The molecule has 9 heteroatoms. The third-order valence-electron chi connectivity index (χ3n) is 4.20. The second-order valence-corrected chi connectivity index (χ2v) is 5.85. The first-order valence-corrected chi connectivity index (χ1v) is 8.24. The number of carbonyl (C=O) groups is 3. The number of aryl methyl sites for hydroxylation is 1. The zero-order chi connectivity index (χ0) is 19.1. The van der Waals surface area contributed by atoms with Crippen molar-refractivity contribution in [2.45, 2.75) is 32.7 Å². The number of aromatic nitrogens is 3. The Morgan fingerprint density at radius 2 is 2.15 bits per heavy atom. The Bertz CT molecular complexity index is 766. The summed E-state index contributed by atoms with van der Waals surface area (Å²) in [6, 6.07) is 0. The molecule has 9 nitrogen and oxygen atoms in total. The molecule has 2 aromatic heterocycles. The maximum Gasteiger partial charge on any atom is 0.290 e. The molecule has 140 valence electrons. The van der Waals surface area contributed by atoms with E-state index in [2.05, 4.69) is 15.0 Å². The monoisotopic (exact) mass is 362 g/mol. The molecular formula is C17H22N4O5. The van der Waals surface area contributed by atoms with Crippen molar-refractivity contribution in [2.24, 2.45) is 0 Å². The highest BCUT2D eigenvalue weighted by molar-refractivity contribution is 6.04. The number of carboxylic acid groups (broad SMARTS) is 1. The first-order valence-electron chi connectivity index (χ1n) is 8.24. The van der Waals surface area contributed by atoms with Crippen LogP contribution in [0.4, 0.5) is 0 Å². The molecule has 2 heterocycles. The van der Waals surface area contributed by atoms with Gasteiger partial charge < -0.3 is 25.1 Å². The van der Waals surface area contributed by atoms with Crippen LogP contribution in [0, 0.1) is 6.92 Å². The average molecular weight is 362 g/mol. The molecule has 2 aromatic rings. The van der Waals surface area contributed by atoms with E-state index in [0.29, 0.717) is 29.1 Å². The first kappa shape index (κ1) is 19.4. The van der Waals surface area contributed by atoms with Crippen LogP contribution in [-0.4, -0.2) is 61.4 Å². The van der Waals surface area contributed by atoms with Gasteiger partial charge in [-0.15, -0.1) is 0 Å². The van der Waals surface area contributed by atoms with Crippen molar-refractivity contribution in [2.75, 3.05) is 13.2 Å². The van der Waals surface area contributed by atoms with Crippen LogP contribution in [0.3, 0.4) is 0 Å². The summed E-state index contributed by atoms with van der Waals surface area (Å²) in [6.45, 7) is 1.90. The molecule has 1 aliphatic rings. The van der Waals surface area contributed by atoms with Crippen molar-refractivity contribution in [1.29, 1.82) is 0 Å². The van der Waals surface area contributed by atoms with Crippen molar-refractivity contribution in [3.05, 3.63) is 40.7 Å². The van der Waals surface area contributed by atoms with E-state index in [4.69, 9.17) is 9.90 Å². The van der Waals surface area contributed by atoms with Gasteiger partial charge in [0, 0.05) is 36.6 Å². The Morgan fingerprint density at radius 1 is 1.42 bits per heavy atom. The lowest BCUT2D eigenvalue weighted by molar-refractivity contribution is -0.122. The van der Waals surface area contributed by atoms with Gasteiger partial charge in [-0.25, -0.2) is 4.98 Å². The minimum Gasteiger partial charge on any atom is -0.483 e. The number of nitrogens with zero attached hydrogens (tertiary/aromatic N) is 2. The zero-order valence-electron chi connectivity index (χ0n) is 14.5. The van der Waals surface area contributed by atoms with Gasteiger partial charge in [0.1, 0.15) is 11.5 Å². The largest absolute Gasteiger partial charge is 0.483 e. The number of ketones is 1. The van der Waals surface area contributed by atoms with Gasteiger partial charge in [-0.05, 0) is 25.3 Å². The quantitative estimate of drug-likeness (QED) is 0.583. The summed E-state index contributed by atoms with van der Waals surface area (Å²) in [5.41, 5.74) is 2.66. The number of fused-ring (bicyclic) bond motifs is 1. The van der Waals surface area contributed by atoms with Crippen LogP contribution in [0.5, 0.6) is 0 Å². The minimum atomic E-state index is -0.250. The van der Waals surface area contributed by atoms with Crippen molar-refractivity contribution < 1.29 is 24.6 Å². The summed E-state index contributed by atoms with van der Waals surface area (Å²) in [5.74, 6) is 0.519. The molecule has 0 aromatic carbocycles. The van der Waals surface area contributed by atoms with E-state index < -0.39 is 0 Å². The normalized spacial score (nSPS) is 12.8. The fourth-order valence-corrected chi connectivity index (χ4v) is 3.08. The number of Topliss-reactive ketones (excluding diaryl/α,β-unsaturated/α-hetero) is 1. The Balaban J connectivity index is 0.000000758. The Morgan fingerprint density at radius 3 is 2.73 bits per heavy atom. The predicted molar refractivity (Wildman–Crippen MR) is 91.9 cm³/mol. The Hall–Kier alpha value is -2.94. The number of nitrogens with one attached hydrogen (secondary N) is 2. The summed E-state index contributed by atoms with van der Waals surface area (Å²) in [5, 5.41) is 16.1. The fraction of sp³-hybridized carbons (Fsp3) is 0.412. The third-order valence-corrected chi connectivity index (χ3v) is 4.20. The zero-order valence-corrected chi connectivity index (χ0v) is 14.5. The van der Waals surface area contributed by atoms with E-state index in [-0.39, 0.29) is 37.9 Å². The molecular weight excluding hydrogens is 340 g/mol. The molecule has 0 atom stereocenters. The number of H-pyrrole nitrogens is 2. The van der Waals surface area contributed by atoms with Crippen LogP contribution >= 0.6 is 0 Å². The second kappa shape index (κ2) is 8.95. The van der Waals surface area contributed by atoms with E-state index in [1.165, 1.54) is 4.90 Å². The first-order chi connectivity index (χ1) is 12.5. The Labute approximate surface area is 150 Å². The molecule has 0 saturated carbocycles. The van der Waals surface area contributed by atoms with E-state index in [0.717, 1.165) is 18.5 Å². The van der Waals surface area contributed by atoms with Crippen LogP contribution in [0.25, 0.3) is 0 Å². The molecule has 0 fully saturated rings. The highest BCUT2D eigenvalue weighted by Gasteiger charge is 2.28. The number of rotatable bonds is 5. The van der Waals surface area contributed by atoms with Gasteiger partial charge in [-0.2, -0.15) is 0 Å². The highest BCUT2D eigenvalue weighted by Crippen LogP contribution is 2.27. The maximum absolute atomic E-state index is 12.8. The fourth-order valence-electron chi connectivity index (χ4n) is 3.08. The Kier molecular flexibility index (Phi) is 6.67. The van der Waals surface area contributed by atoms with Crippen molar-refractivity contribution in [1.82, 2.24) is 19.9 Å². The summed E-state index contributed by atoms with van der Waals surface area (Å²) >= 11 is 0. The van der Waals surface area contributed by atoms with Gasteiger partial charge in [0.2, 0.25) is 0 Å². The average Bonchev–Trinajstić information content (AvgIpc) is 3.23. The maximum atomic E-state index is 12.8. The summed E-state index contributed by atoms with van der Waals surface area (Å²) in [6.07, 6.45) is 5.44. The minimum absolute atomic E-state index is 0.0961. The molecule has 0 unspecified atom stereocenters. The summed E-state index contributed by atoms with van der Waals surface area (Å²) in [7, 11) is 0. The van der Waals surface area contributed by atoms with E-state index in [1.54, 1.807) is 19.3 Å². The van der Waals surface area contributed by atoms with Gasteiger partial charge in [0.15, 0.2) is 5.78 Å². The smallest absolute Gasteiger partial charge is 0.290 e. The van der Waals surface area contributed by atoms with Gasteiger partial charge in [0.05, 0.1) is 13.2 Å². The number of aliphatic hydroxyl groups excluding tert-OH is 1. The van der Waals surface area contributed by atoms with Crippen molar-refractivity contribution in [3.8, 4) is 0 Å². The number of imidazole rings is 1. The lowest BCUT2D eigenvalue weighted by Gasteiger charge is -2.20. The molecule has 4 N–H and O–H groups in total. The molecule has 3 rings (SSSR count). The van der Waals surface area contributed by atoms with Crippen molar-refractivity contribution in [3.63, 3.8) is 0 Å². The number of aromatic amines is 2. The SMILES string of the molecule is Cc1c(C(=O)N(CCO)Cc2ncc[nH]2)[nH]c2c1C(=O)CCC2.O=CO. The number of aliphatic hydroxyl groups is 1. The number of hydrogen-bond acceptors (Lipinski definition) is 5.